The molecular formula is C10H18F3NO2. The van der Waals surface area contributed by atoms with Gasteiger partial charge in [-0.2, -0.15) is 13.2 Å². The quantitative estimate of drug-likeness (QED) is 0.804. The van der Waals surface area contributed by atoms with Crippen LogP contribution in [0, 0.1) is 5.41 Å². The highest BCUT2D eigenvalue weighted by molar-refractivity contribution is 4.84. The van der Waals surface area contributed by atoms with Gasteiger partial charge in [-0.05, 0) is 19.9 Å². The fourth-order valence-corrected chi connectivity index (χ4v) is 2.14. The van der Waals surface area contributed by atoms with Crippen molar-refractivity contribution in [1.82, 2.24) is 4.90 Å². The van der Waals surface area contributed by atoms with E-state index in [2.05, 4.69) is 0 Å². The summed E-state index contributed by atoms with van der Waals surface area (Å²) >= 11 is 0. The molecule has 1 heterocycles. The molecule has 1 aliphatic heterocycles. The second-order valence-electron chi connectivity index (χ2n) is 4.60. The summed E-state index contributed by atoms with van der Waals surface area (Å²) in [5, 5.41) is 9.30. The van der Waals surface area contributed by atoms with Crippen molar-refractivity contribution >= 4 is 0 Å². The first-order valence-corrected chi connectivity index (χ1v) is 5.31. The van der Waals surface area contributed by atoms with E-state index in [9.17, 15) is 18.3 Å². The van der Waals surface area contributed by atoms with Gasteiger partial charge in [0.25, 0.3) is 0 Å². The van der Waals surface area contributed by atoms with Crippen LogP contribution < -0.4 is 0 Å². The summed E-state index contributed by atoms with van der Waals surface area (Å²) in [5.41, 5.74) is -0.530. The molecule has 0 spiro atoms. The predicted molar refractivity (Wildman–Crippen MR) is 53.1 cm³/mol. The number of aliphatic hydroxyl groups excluding tert-OH is 1. The second kappa shape index (κ2) is 5.33. The number of hydrogen-bond donors (Lipinski definition) is 1. The topological polar surface area (TPSA) is 32.7 Å². The van der Waals surface area contributed by atoms with Crippen LogP contribution in [-0.2, 0) is 4.74 Å². The van der Waals surface area contributed by atoms with Crippen molar-refractivity contribution < 1.29 is 23.0 Å². The van der Waals surface area contributed by atoms with Crippen molar-refractivity contribution in [2.24, 2.45) is 5.41 Å². The van der Waals surface area contributed by atoms with Gasteiger partial charge >= 0.3 is 6.18 Å². The Hall–Kier alpha value is -0.330. The van der Waals surface area contributed by atoms with Crippen LogP contribution in [0.5, 0.6) is 0 Å². The third-order valence-electron chi connectivity index (χ3n) is 2.79. The van der Waals surface area contributed by atoms with Gasteiger partial charge in [-0.25, -0.2) is 0 Å². The van der Waals surface area contributed by atoms with Gasteiger partial charge in [-0.1, -0.05) is 0 Å². The van der Waals surface area contributed by atoms with E-state index in [-0.39, 0.29) is 13.2 Å². The minimum Gasteiger partial charge on any atom is -0.396 e. The fourth-order valence-electron chi connectivity index (χ4n) is 2.14. The highest BCUT2D eigenvalue weighted by atomic mass is 19.4. The normalized spacial score (nSPS) is 27.4. The van der Waals surface area contributed by atoms with Crippen molar-refractivity contribution in [2.75, 3.05) is 40.0 Å². The van der Waals surface area contributed by atoms with Crippen molar-refractivity contribution in [3.8, 4) is 0 Å². The zero-order valence-corrected chi connectivity index (χ0v) is 9.39. The Balaban J connectivity index is 2.48. The summed E-state index contributed by atoms with van der Waals surface area (Å²) in [7, 11) is 1.42. The molecule has 0 saturated carbocycles. The number of halogens is 3. The van der Waals surface area contributed by atoms with Crippen molar-refractivity contribution in [1.29, 1.82) is 0 Å². The lowest BCUT2D eigenvalue weighted by Gasteiger charge is -2.38. The summed E-state index contributed by atoms with van der Waals surface area (Å²) in [6.45, 7) is 0.101. The Kier molecular flexibility index (Phi) is 4.58. The van der Waals surface area contributed by atoms with E-state index >= 15 is 0 Å². The van der Waals surface area contributed by atoms with Gasteiger partial charge < -0.3 is 9.84 Å². The van der Waals surface area contributed by atoms with Crippen molar-refractivity contribution in [3.63, 3.8) is 0 Å². The zero-order chi connectivity index (χ0) is 12.2. The first kappa shape index (κ1) is 13.7. The lowest BCUT2D eigenvalue weighted by Crippen LogP contribution is -2.46. The Morgan fingerprint density at radius 3 is 2.56 bits per heavy atom. The minimum atomic E-state index is -4.19. The van der Waals surface area contributed by atoms with E-state index in [1.807, 2.05) is 0 Å². The maximum atomic E-state index is 12.2. The molecule has 0 amide bonds. The summed E-state index contributed by atoms with van der Waals surface area (Å²) < 4.78 is 41.7. The van der Waals surface area contributed by atoms with E-state index in [1.165, 1.54) is 11.9 Å². The number of aliphatic hydroxyl groups is 1. The fraction of sp³-hybridized carbons (Fsp3) is 1.00. The smallest absolute Gasteiger partial charge is 0.396 e. The predicted octanol–water partition coefficient (Wildman–Crippen LogP) is 1.27. The molecule has 1 N–H and O–H groups in total. The highest BCUT2D eigenvalue weighted by Gasteiger charge is 2.36. The standard InChI is InChI=1S/C10H18F3NO2/c1-14(6-10(11,12)13)5-9(7-15)3-2-4-16-8-9/h15H,2-8H2,1H3. The maximum absolute atomic E-state index is 12.2. The van der Waals surface area contributed by atoms with E-state index in [1.54, 1.807) is 0 Å². The molecule has 16 heavy (non-hydrogen) atoms. The molecule has 1 saturated heterocycles. The molecule has 1 fully saturated rings. The summed E-state index contributed by atoms with van der Waals surface area (Å²) in [4.78, 5) is 1.20. The molecule has 96 valence electrons. The lowest BCUT2D eigenvalue weighted by molar-refractivity contribution is -0.150. The third kappa shape index (κ3) is 4.27. The van der Waals surface area contributed by atoms with E-state index < -0.39 is 18.1 Å². The van der Waals surface area contributed by atoms with Gasteiger partial charge in [0.2, 0.25) is 0 Å². The summed E-state index contributed by atoms with van der Waals surface area (Å²) in [6.07, 6.45) is -2.69. The van der Waals surface area contributed by atoms with Gasteiger partial charge in [-0.15, -0.1) is 0 Å². The molecule has 1 atom stereocenters. The molecule has 0 aromatic heterocycles. The van der Waals surface area contributed by atoms with E-state index in [0.717, 1.165) is 6.42 Å². The first-order chi connectivity index (χ1) is 7.37. The Morgan fingerprint density at radius 2 is 2.12 bits per heavy atom. The van der Waals surface area contributed by atoms with Crippen LogP contribution in [0.25, 0.3) is 0 Å². The van der Waals surface area contributed by atoms with Crippen LogP contribution >= 0.6 is 0 Å². The molecule has 0 aliphatic carbocycles. The largest absolute Gasteiger partial charge is 0.401 e. The molecule has 1 aliphatic rings. The third-order valence-corrected chi connectivity index (χ3v) is 2.79. The SMILES string of the molecule is CN(CC(F)(F)F)CC1(CO)CCCOC1. The molecule has 3 nitrogen and oxygen atoms in total. The number of hydrogen-bond acceptors (Lipinski definition) is 3. The Labute approximate surface area is 93.2 Å². The Bertz CT molecular complexity index is 215. The molecule has 0 bridgehead atoms. The molecule has 6 heteroatoms. The van der Waals surface area contributed by atoms with Gasteiger partial charge in [-0.3, -0.25) is 4.90 Å². The second-order valence-corrected chi connectivity index (χ2v) is 4.60. The molecule has 0 aromatic rings. The number of nitrogens with zero attached hydrogens (tertiary/aromatic N) is 1. The number of alkyl halides is 3. The van der Waals surface area contributed by atoms with Gasteiger partial charge in [0, 0.05) is 18.6 Å². The molecule has 0 aromatic carbocycles. The Morgan fingerprint density at radius 1 is 1.44 bits per heavy atom. The van der Waals surface area contributed by atoms with E-state index in [0.29, 0.717) is 19.6 Å². The summed E-state index contributed by atoms with van der Waals surface area (Å²) in [6, 6.07) is 0. The zero-order valence-electron chi connectivity index (χ0n) is 9.39. The first-order valence-electron chi connectivity index (χ1n) is 5.31. The van der Waals surface area contributed by atoms with Gasteiger partial charge in [0.05, 0.1) is 19.8 Å². The van der Waals surface area contributed by atoms with Crippen LogP contribution in [0.2, 0.25) is 0 Å². The monoisotopic (exact) mass is 241 g/mol. The van der Waals surface area contributed by atoms with Crippen molar-refractivity contribution in [3.05, 3.63) is 0 Å². The minimum absolute atomic E-state index is 0.130. The van der Waals surface area contributed by atoms with Crippen LogP contribution in [0.15, 0.2) is 0 Å². The highest BCUT2D eigenvalue weighted by Crippen LogP contribution is 2.29. The van der Waals surface area contributed by atoms with E-state index in [4.69, 9.17) is 4.74 Å². The average molecular weight is 241 g/mol. The van der Waals surface area contributed by atoms with Crippen LogP contribution in [0.4, 0.5) is 13.2 Å². The molecule has 1 unspecified atom stereocenters. The van der Waals surface area contributed by atoms with Crippen LogP contribution in [-0.4, -0.2) is 56.1 Å². The van der Waals surface area contributed by atoms with Crippen LogP contribution in [0.3, 0.4) is 0 Å². The maximum Gasteiger partial charge on any atom is 0.401 e. The number of ether oxygens (including phenoxy) is 1. The van der Waals surface area contributed by atoms with Gasteiger partial charge in [0.15, 0.2) is 0 Å². The van der Waals surface area contributed by atoms with Crippen molar-refractivity contribution in [2.45, 2.75) is 19.0 Å². The lowest BCUT2D eigenvalue weighted by atomic mass is 9.83. The number of rotatable bonds is 4. The average Bonchev–Trinajstić information content (AvgIpc) is 2.16. The molecular weight excluding hydrogens is 223 g/mol. The van der Waals surface area contributed by atoms with Crippen LogP contribution in [0.1, 0.15) is 12.8 Å². The van der Waals surface area contributed by atoms with Gasteiger partial charge in [0.1, 0.15) is 0 Å². The molecule has 1 rings (SSSR count). The summed E-state index contributed by atoms with van der Waals surface area (Å²) in [5.74, 6) is 0. The molecule has 0 radical (unpaired) electrons.